The fourth-order valence-electron chi connectivity index (χ4n) is 2.66. The van der Waals surface area contributed by atoms with E-state index in [-0.39, 0.29) is 24.3 Å². The third-order valence-corrected chi connectivity index (χ3v) is 4.35. The van der Waals surface area contributed by atoms with E-state index in [4.69, 9.17) is 14.9 Å². The summed E-state index contributed by atoms with van der Waals surface area (Å²) < 4.78 is 162. The van der Waals surface area contributed by atoms with Crippen molar-refractivity contribution in [2.75, 3.05) is 0 Å². The van der Waals surface area contributed by atoms with Gasteiger partial charge in [0.15, 0.2) is 0 Å². The van der Waals surface area contributed by atoms with Crippen molar-refractivity contribution in [1.82, 2.24) is 0 Å². The third kappa shape index (κ3) is 4.55. The Bertz CT molecular complexity index is 847. The minimum Gasteiger partial charge on any atom is -0.457 e. The zero-order chi connectivity index (χ0) is 25.7. The summed E-state index contributed by atoms with van der Waals surface area (Å²) in [6.07, 6.45) is -24.2. The molecule has 0 spiro atoms. The fourth-order valence-corrected chi connectivity index (χ4v) is 2.66. The number of halogens is 12. The van der Waals surface area contributed by atoms with Gasteiger partial charge in [-0.1, -0.05) is 24.3 Å². The fraction of sp³-hybridized carbons (Fsp3) is 0.333. The van der Waals surface area contributed by atoms with Crippen LogP contribution in [0.5, 0.6) is 11.5 Å². The number of aliphatic hydroxyl groups is 2. The number of rotatable bonds is 6. The summed E-state index contributed by atoms with van der Waals surface area (Å²) in [7, 11) is 0. The molecule has 0 heterocycles. The Hall–Kier alpha value is -2.68. The van der Waals surface area contributed by atoms with E-state index in [0.717, 1.165) is 0 Å². The molecule has 0 radical (unpaired) electrons. The Kier molecular flexibility index (Phi) is 6.42. The van der Waals surface area contributed by atoms with Crippen molar-refractivity contribution in [2.24, 2.45) is 0 Å². The van der Waals surface area contributed by atoms with E-state index in [9.17, 15) is 52.7 Å². The highest BCUT2D eigenvalue weighted by molar-refractivity contribution is 5.38. The van der Waals surface area contributed by atoms with Crippen molar-refractivity contribution in [3.05, 3.63) is 59.7 Å². The Labute approximate surface area is 175 Å². The van der Waals surface area contributed by atoms with Gasteiger partial charge in [-0.05, 0) is 24.3 Å². The number of ether oxygens (including phenoxy) is 1. The summed E-state index contributed by atoms with van der Waals surface area (Å²) in [6.45, 7) is 0. The van der Waals surface area contributed by atoms with Crippen molar-refractivity contribution in [3.63, 3.8) is 0 Å². The van der Waals surface area contributed by atoms with Gasteiger partial charge in [0.1, 0.15) is 11.5 Å². The highest BCUT2D eigenvalue weighted by atomic mass is 19.4. The van der Waals surface area contributed by atoms with E-state index in [2.05, 4.69) is 0 Å². The van der Waals surface area contributed by atoms with Crippen molar-refractivity contribution < 1.29 is 67.6 Å². The monoisotopic (exact) mass is 502 g/mol. The lowest BCUT2D eigenvalue weighted by molar-refractivity contribution is -0.376. The Balaban J connectivity index is 2.34. The van der Waals surface area contributed by atoms with Crippen molar-refractivity contribution in [3.8, 4) is 11.5 Å². The second-order valence-electron chi connectivity index (χ2n) is 6.55. The lowest BCUT2D eigenvalue weighted by atomic mass is 9.93. The molecular formula is C18H10F12O3. The second-order valence-corrected chi connectivity index (χ2v) is 6.55. The summed E-state index contributed by atoms with van der Waals surface area (Å²) >= 11 is 0. The molecule has 15 heteroatoms. The first kappa shape index (κ1) is 26.6. The van der Waals surface area contributed by atoms with Gasteiger partial charge in [-0.2, -0.15) is 43.9 Å². The summed E-state index contributed by atoms with van der Waals surface area (Å²) in [5.74, 6) is -0.987. The number of hydrogen-bond donors (Lipinski definition) is 2. The molecule has 2 unspecified atom stereocenters. The second kappa shape index (κ2) is 7.97. The van der Waals surface area contributed by atoms with Crippen LogP contribution in [0.1, 0.15) is 11.1 Å². The maximum Gasteiger partial charge on any atom is 0.435 e. The van der Waals surface area contributed by atoms with Gasteiger partial charge in [-0.15, -0.1) is 0 Å². The van der Waals surface area contributed by atoms with Gasteiger partial charge in [0.25, 0.3) is 0 Å². The van der Waals surface area contributed by atoms with Crippen LogP contribution in [0.15, 0.2) is 48.5 Å². The predicted molar refractivity (Wildman–Crippen MR) is 85.0 cm³/mol. The van der Waals surface area contributed by atoms with Crippen molar-refractivity contribution in [1.29, 1.82) is 0 Å². The first-order valence-electron chi connectivity index (χ1n) is 8.27. The van der Waals surface area contributed by atoms with Gasteiger partial charge in [0.05, 0.1) is 0 Å². The van der Waals surface area contributed by atoms with Crippen LogP contribution in [0.4, 0.5) is 52.7 Å². The molecule has 0 aliphatic heterocycles. The van der Waals surface area contributed by atoms with E-state index in [0.29, 0.717) is 24.3 Å². The molecule has 0 amide bonds. The lowest BCUT2D eigenvalue weighted by Gasteiger charge is -2.31. The summed E-state index contributed by atoms with van der Waals surface area (Å²) in [6, 6.07) is 2.76. The van der Waals surface area contributed by atoms with E-state index < -0.39 is 58.5 Å². The molecule has 2 aromatic carbocycles. The van der Waals surface area contributed by atoms with E-state index in [1.54, 1.807) is 0 Å². The quantitative estimate of drug-likeness (QED) is 0.470. The van der Waals surface area contributed by atoms with Crippen LogP contribution in [0, 0.1) is 0 Å². The molecule has 184 valence electrons. The van der Waals surface area contributed by atoms with Crippen LogP contribution in [0.2, 0.25) is 0 Å². The largest absolute Gasteiger partial charge is 0.457 e. The predicted octanol–water partition coefficient (Wildman–Crippen LogP) is 6.10. The average molecular weight is 502 g/mol. The number of benzene rings is 2. The van der Waals surface area contributed by atoms with Gasteiger partial charge in [-0.25, -0.2) is 8.78 Å². The standard InChI is InChI=1S/C18H10F12O3/c19-13(15(21,22)23,17(27,28)31)9-1-5-11(6-2-9)33-12-7-3-10(4-8-12)14(20,16(24,25)26)18(29,30)32/h1-8,31-32H. The van der Waals surface area contributed by atoms with E-state index in [1.165, 1.54) is 0 Å². The van der Waals surface area contributed by atoms with Crippen LogP contribution < -0.4 is 4.74 Å². The normalized spacial score (nSPS) is 17.3. The Morgan fingerprint density at radius 2 is 0.697 bits per heavy atom. The number of alkyl halides is 12. The molecule has 2 N–H and O–H groups in total. The molecule has 0 aliphatic rings. The maximum absolute atomic E-state index is 14.1. The molecular weight excluding hydrogens is 492 g/mol. The Morgan fingerprint density at radius 1 is 0.455 bits per heavy atom. The molecule has 0 aliphatic carbocycles. The van der Waals surface area contributed by atoms with E-state index >= 15 is 0 Å². The highest BCUT2D eigenvalue weighted by Gasteiger charge is 2.73. The van der Waals surface area contributed by atoms with Crippen LogP contribution in [0.25, 0.3) is 0 Å². The molecule has 2 aromatic rings. The maximum atomic E-state index is 14.1. The van der Waals surface area contributed by atoms with Gasteiger partial charge in [0, 0.05) is 11.1 Å². The number of hydrogen-bond acceptors (Lipinski definition) is 3. The SMILES string of the molecule is OC(F)(F)C(F)(c1ccc(Oc2ccc(C(F)(C(O)(F)F)C(F)(F)F)cc2)cc1)C(F)(F)F. The topological polar surface area (TPSA) is 49.7 Å². The van der Waals surface area contributed by atoms with E-state index in [1.807, 2.05) is 0 Å². The first-order chi connectivity index (χ1) is 14.7. The van der Waals surface area contributed by atoms with Crippen molar-refractivity contribution in [2.45, 2.75) is 35.9 Å². The van der Waals surface area contributed by atoms with Crippen LogP contribution in [-0.2, 0) is 11.3 Å². The molecule has 0 aromatic heterocycles. The van der Waals surface area contributed by atoms with Gasteiger partial charge < -0.3 is 14.9 Å². The van der Waals surface area contributed by atoms with Crippen molar-refractivity contribution >= 4 is 0 Å². The molecule has 0 saturated carbocycles. The minimum absolute atomic E-state index is 0.171. The average Bonchev–Trinajstić information content (AvgIpc) is 2.64. The molecule has 2 atom stereocenters. The Morgan fingerprint density at radius 3 is 0.879 bits per heavy atom. The first-order valence-corrected chi connectivity index (χ1v) is 8.27. The van der Waals surface area contributed by atoms with Gasteiger partial charge in [-0.3, -0.25) is 0 Å². The highest BCUT2D eigenvalue weighted by Crippen LogP contribution is 2.52. The summed E-state index contributed by atoms with van der Waals surface area (Å²) in [4.78, 5) is 0. The van der Waals surface area contributed by atoms with Gasteiger partial charge in [0.2, 0.25) is 0 Å². The summed E-state index contributed by atoms with van der Waals surface area (Å²) in [5.41, 5.74) is -14.4. The van der Waals surface area contributed by atoms with Crippen LogP contribution >= 0.6 is 0 Å². The van der Waals surface area contributed by atoms with Crippen LogP contribution in [-0.4, -0.2) is 34.8 Å². The molecule has 0 saturated heterocycles. The smallest absolute Gasteiger partial charge is 0.435 e. The molecule has 33 heavy (non-hydrogen) atoms. The molecule has 0 bridgehead atoms. The van der Waals surface area contributed by atoms with Gasteiger partial charge >= 0.3 is 35.9 Å². The summed E-state index contributed by atoms with van der Waals surface area (Å²) in [5, 5.41) is 16.8. The lowest BCUT2D eigenvalue weighted by Crippen LogP contribution is -2.52. The minimum atomic E-state index is -6.24. The molecule has 0 fully saturated rings. The molecule has 3 nitrogen and oxygen atoms in total. The zero-order valence-corrected chi connectivity index (χ0v) is 15.5. The third-order valence-electron chi connectivity index (χ3n) is 4.35. The zero-order valence-electron chi connectivity index (χ0n) is 15.5. The molecule has 2 rings (SSSR count). The van der Waals surface area contributed by atoms with Crippen LogP contribution in [0.3, 0.4) is 0 Å².